The number of carbonyl (C=O) groups excluding carboxylic acids is 2. The average Bonchev–Trinajstić information content (AvgIpc) is 2.73. The average molecular weight is 419 g/mol. The predicted molar refractivity (Wildman–Crippen MR) is 118 cm³/mol. The van der Waals surface area contributed by atoms with Crippen LogP contribution in [0.5, 0.6) is 5.75 Å². The van der Waals surface area contributed by atoms with Crippen molar-refractivity contribution >= 4 is 34.9 Å². The number of esters is 1. The molecule has 0 aliphatic rings. The lowest BCUT2D eigenvalue weighted by molar-refractivity contribution is -0.132. The van der Waals surface area contributed by atoms with E-state index in [4.69, 9.17) is 39.1 Å². The minimum Gasteiger partial charge on any atom is -0.423 e. The SMILES string of the molecule is NCC(=O)Oc1ccccc1N.NCCCCC(N)C(=O)Nc1ccc(N)c(N)n1. The number of para-hydroxylation sites is 2. The second kappa shape index (κ2) is 12.9. The molecule has 1 aromatic heterocycles. The number of benzene rings is 1. The number of hydrogen-bond donors (Lipinski definition) is 7. The van der Waals surface area contributed by atoms with Gasteiger partial charge in [0, 0.05) is 0 Å². The number of ether oxygens (including phenoxy) is 1. The summed E-state index contributed by atoms with van der Waals surface area (Å²) >= 11 is 0. The quantitative estimate of drug-likeness (QED) is 0.129. The van der Waals surface area contributed by atoms with Crippen LogP contribution in [0, 0.1) is 0 Å². The first-order valence-corrected chi connectivity index (χ1v) is 9.32. The summed E-state index contributed by atoms with van der Waals surface area (Å²) in [6, 6.07) is 9.35. The Balaban J connectivity index is 0.000000325. The summed E-state index contributed by atoms with van der Waals surface area (Å²) < 4.78 is 4.81. The summed E-state index contributed by atoms with van der Waals surface area (Å²) in [6.07, 6.45) is 2.27. The van der Waals surface area contributed by atoms with Crippen molar-refractivity contribution in [1.29, 1.82) is 0 Å². The highest BCUT2D eigenvalue weighted by Gasteiger charge is 2.13. The number of nitrogens with zero attached hydrogens (tertiary/aromatic N) is 1. The number of pyridine rings is 1. The molecule has 11 nitrogen and oxygen atoms in total. The van der Waals surface area contributed by atoms with E-state index >= 15 is 0 Å². The van der Waals surface area contributed by atoms with E-state index < -0.39 is 12.0 Å². The van der Waals surface area contributed by atoms with E-state index in [-0.39, 0.29) is 18.3 Å². The van der Waals surface area contributed by atoms with Crippen LogP contribution in [0.1, 0.15) is 19.3 Å². The molecule has 1 heterocycles. The van der Waals surface area contributed by atoms with Crippen molar-refractivity contribution in [2.24, 2.45) is 17.2 Å². The number of unbranched alkanes of at least 4 members (excludes halogenated alkanes) is 1. The lowest BCUT2D eigenvalue weighted by Gasteiger charge is -2.12. The Hall–Kier alpha value is -3.41. The number of nitrogens with two attached hydrogens (primary N) is 6. The molecule has 1 amide bonds. The molecule has 0 spiro atoms. The van der Waals surface area contributed by atoms with E-state index in [1.807, 2.05) is 0 Å². The van der Waals surface area contributed by atoms with Crippen molar-refractivity contribution in [3.8, 4) is 5.75 Å². The molecule has 30 heavy (non-hydrogen) atoms. The predicted octanol–water partition coefficient (Wildman–Crippen LogP) is -0.226. The Morgan fingerprint density at radius 2 is 1.70 bits per heavy atom. The fourth-order valence-electron chi connectivity index (χ4n) is 2.15. The van der Waals surface area contributed by atoms with Gasteiger partial charge in [-0.2, -0.15) is 0 Å². The smallest absolute Gasteiger partial charge is 0.325 e. The van der Waals surface area contributed by atoms with Crippen LogP contribution in [0.3, 0.4) is 0 Å². The Kier molecular flexibility index (Phi) is 10.6. The van der Waals surface area contributed by atoms with Crippen molar-refractivity contribution in [2.75, 3.05) is 35.6 Å². The number of aromatic nitrogens is 1. The van der Waals surface area contributed by atoms with Crippen LogP contribution in [-0.2, 0) is 9.59 Å². The number of nitrogen functional groups attached to an aromatic ring is 3. The van der Waals surface area contributed by atoms with Crippen LogP contribution in [0.2, 0.25) is 0 Å². The number of amides is 1. The van der Waals surface area contributed by atoms with Gasteiger partial charge in [-0.15, -0.1) is 0 Å². The number of rotatable bonds is 8. The second-order valence-electron chi connectivity index (χ2n) is 6.27. The van der Waals surface area contributed by atoms with E-state index in [9.17, 15) is 9.59 Å². The van der Waals surface area contributed by atoms with Gasteiger partial charge in [0.05, 0.1) is 24.0 Å². The third-order valence-electron chi connectivity index (χ3n) is 3.82. The van der Waals surface area contributed by atoms with E-state index in [2.05, 4.69) is 10.3 Å². The van der Waals surface area contributed by atoms with Gasteiger partial charge >= 0.3 is 5.97 Å². The zero-order chi connectivity index (χ0) is 22.5. The second-order valence-corrected chi connectivity index (χ2v) is 6.27. The third kappa shape index (κ3) is 8.73. The van der Waals surface area contributed by atoms with Crippen molar-refractivity contribution < 1.29 is 14.3 Å². The molecular formula is C19H30N8O3. The minimum absolute atomic E-state index is 0.145. The molecule has 11 heteroatoms. The molecule has 0 saturated carbocycles. The normalized spacial score (nSPS) is 11.0. The van der Waals surface area contributed by atoms with Crippen LogP contribution >= 0.6 is 0 Å². The largest absolute Gasteiger partial charge is 0.423 e. The van der Waals surface area contributed by atoms with Gasteiger partial charge < -0.3 is 44.5 Å². The Morgan fingerprint density at radius 3 is 2.30 bits per heavy atom. The summed E-state index contributed by atoms with van der Waals surface area (Å²) in [5.41, 5.74) is 33.5. The topological polar surface area (TPSA) is 224 Å². The molecule has 13 N–H and O–H groups in total. The standard InChI is InChI=1S/C11H20N6O.C8H10N2O2/c12-6-2-1-3-8(14)11(18)17-9-5-4-7(13)10(15)16-9;9-5-8(11)12-7-4-2-1-3-6(7)10/h4-5,8H,1-3,6,12-14H2,(H3,15,16,17,18);1-4H,5,9-10H2. The number of carbonyl (C=O) groups is 2. The molecule has 2 aromatic rings. The van der Waals surface area contributed by atoms with Crippen LogP contribution in [0.25, 0.3) is 0 Å². The van der Waals surface area contributed by atoms with Gasteiger partial charge in [-0.1, -0.05) is 18.6 Å². The number of anilines is 4. The van der Waals surface area contributed by atoms with Crippen LogP contribution < -0.4 is 44.5 Å². The molecule has 0 radical (unpaired) electrons. The van der Waals surface area contributed by atoms with Crippen LogP contribution in [0.15, 0.2) is 36.4 Å². The summed E-state index contributed by atoms with van der Waals surface area (Å²) in [7, 11) is 0. The lowest BCUT2D eigenvalue weighted by atomic mass is 10.1. The summed E-state index contributed by atoms with van der Waals surface area (Å²) in [5, 5.41) is 2.59. The fraction of sp³-hybridized carbons (Fsp3) is 0.316. The third-order valence-corrected chi connectivity index (χ3v) is 3.82. The Labute approximate surface area is 175 Å². The first-order chi connectivity index (χ1) is 14.3. The Bertz CT molecular complexity index is 831. The van der Waals surface area contributed by atoms with Crippen LogP contribution in [-0.4, -0.2) is 36.0 Å². The first kappa shape index (κ1) is 24.6. The zero-order valence-electron chi connectivity index (χ0n) is 16.7. The molecule has 0 aliphatic carbocycles. The van der Waals surface area contributed by atoms with Gasteiger partial charge in [-0.05, 0) is 43.7 Å². The molecule has 0 fully saturated rings. The van der Waals surface area contributed by atoms with Gasteiger partial charge in [-0.25, -0.2) is 4.98 Å². The van der Waals surface area contributed by atoms with Gasteiger partial charge in [0.15, 0.2) is 5.75 Å². The summed E-state index contributed by atoms with van der Waals surface area (Å²) in [5.74, 6) is 0.107. The molecular weight excluding hydrogens is 388 g/mol. The van der Waals surface area contributed by atoms with E-state index in [0.717, 1.165) is 12.8 Å². The zero-order valence-corrected chi connectivity index (χ0v) is 16.7. The maximum atomic E-state index is 11.7. The molecule has 1 unspecified atom stereocenters. The molecule has 0 aliphatic heterocycles. The Morgan fingerprint density at radius 1 is 1.00 bits per heavy atom. The fourth-order valence-corrected chi connectivity index (χ4v) is 2.15. The summed E-state index contributed by atoms with van der Waals surface area (Å²) in [6.45, 7) is 0.457. The van der Waals surface area contributed by atoms with Crippen molar-refractivity contribution in [1.82, 2.24) is 4.98 Å². The number of hydrogen-bond acceptors (Lipinski definition) is 10. The van der Waals surface area contributed by atoms with Gasteiger partial charge in [0.25, 0.3) is 0 Å². The van der Waals surface area contributed by atoms with Crippen molar-refractivity contribution in [3.63, 3.8) is 0 Å². The number of nitrogens with one attached hydrogen (secondary N) is 1. The van der Waals surface area contributed by atoms with Gasteiger partial charge in [-0.3, -0.25) is 9.59 Å². The molecule has 1 aromatic carbocycles. The molecule has 2 rings (SSSR count). The molecule has 0 bridgehead atoms. The minimum atomic E-state index is -0.572. The molecule has 164 valence electrons. The van der Waals surface area contributed by atoms with Crippen LogP contribution in [0.4, 0.5) is 23.0 Å². The van der Waals surface area contributed by atoms with Gasteiger partial charge in [0.2, 0.25) is 5.91 Å². The van der Waals surface area contributed by atoms with E-state index in [1.54, 1.807) is 36.4 Å². The first-order valence-electron chi connectivity index (χ1n) is 9.32. The summed E-state index contributed by atoms with van der Waals surface area (Å²) in [4.78, 5) is 26.4. The van der Waals surface area contributed by atoms with E-state index in [1.165, 1.54) is 0 Å². The highest BCUT2D eigenvalue weighted by Crippen LogP contribution is 2.19. The van der Waals surface area contributed by atoms with Crippen molar-refractivity contribution in [3.05, 3.63) is 36.4 Å². The van der Waals surface area contributed by atoms with E-state index in [0.29, 0.717) is 35.9 Å². The lowest BCUT2D eigenvalue weighted by Crippen LogP contribution is -2.35. The monoisotopic (exact) mass is 418 g/mol. The molecule has 0 saturated heterocycles. The maximum Gasteiger partial charge on any atom is 0.325 e. The molecule has 1 atom stereocenters. The highest BCUT2D eigenvalue weighted by atomic mass is 16.5. The highest BCUT2D eigenvalue weighted by molar-refractivity contribution is 5.94. The maximum absolute atomic E-state index is 11.7. The van der Waals surface area contributed by atoms with Crippen molar-refractivity contribution in [2.45, 2.75) is 25.3 Å². The van der Waals surface area contributed by atoms with Gasteiger partial charge in [0.1, 0.15) is 11.6 Å².